The molecule has 0 N–H and O–H groups in total. The van der Waals surface area contributed by atoms with Crippen LogP contribution in [0.3, 0.4) is 0 Å². The topological polar surface area (TPSA) is 65.6 Å². The van der Waals surface area contributed by atoms with E-state index in [1.54, 1.807) is 22.2 Å². The molecule has 2 aromatic rings. The van der Waals surface area contributed by atoms with E-state index in [4.69, 9.17) is 9.47 Å². The molecule has 2 aromatic carbocycles. The van der Waals surface area contributed by atoms with Crippen molar-refractivity contribution >= 4 is 23.6 Å². The minimum Gasteiger partial charge on any atom is -0.408 e. The Labute approximate surface area is 244 Å². The summed E-state index contributed by atoms with van der Waals surface area (Å²) in [4.78, 5) is 32.1. The van der Waals surface area contributed by atoms with Crippen LogP contribution < -0.4 is 19.3 Å². The van der Waals surface area contributed by atoms with Crippen molar-refractivity contribution in [3.63, 3.8) is 0 Å². The van der Waals surface area contributed by atoms with E-state index in [2.05, 4.69) is 0 Å². The van der Waals surface area contributed by atoms with Gasteiger partial charge in [0.15, 0.2) is 11.5 Å². The Morgan fingerprint density at radius 2 is 0.881 bits per heavy atom. The minimum absolute atomic E-state index is 0.181. The van der Waals surface area contributed by atoms with Gasteiger partial charge < -0.3 is 19.3 Å². The number of carbonyl (C=O) groups is 2. The van der Waals surface area contributed by atoms with E-state index in [9.17, 15) is 18.4 Å². The standard InChI is InChI=1S/C32H36F2N4O4/c33-23-13-15-27-25(21-23)35-17-19-37(31(39)41-27)29(35)11-9-7-5-3-1-2-4-6-8-10-12-30-36-18-20-38(30)32(40)42-28-16-14-24(34)22-26(28)36/h13-22,29-30H,1-12H2. The second kappa shape index (κ2) is 12.4. The van der Waals surface area contributed by atoms with Gasteiger partial charge in [0.05, 0.1) is 11.4 Å². The molecule has 0 saturated carbocycles. The number of benzene rings is 2. The molecule has 0 aromatic heterocycles. The summed E-state index contributed by atoms with van der Waals surface area (Å²) in [6.45, 7) is 0. The Kier molecular flexibility index (Phi) is 8.30. The van der Waals surface area contributed by atoms with Crippen molar-refractivity contribution in [1.29, 1.82) is 0 Å². The molecule has 0 fully saturated rings. The molecule has 8 nitrogen and oxygen atoms in total. The summed E-state index contributed by atoms with van der Waals surface area (Å²) < 4.78 is 38.6. The third kappa shape index (κ3) is 5.80. The highest BCUT2D eigenvalue weighted by Crippen LogP contribution is 2.40. The van der Waals surface area contributed by atoms with Gasteiger partial charge in [-0.25, -0.2) is 18.4 Å². The third-order valence-corrected chi connectivity index (χ3v) is 8.45. The van der Waals surface area contributed by atoms with Crippen LogP contribution in [0, 0.1) is 11.6 Å². The molecule has 4 aliphatic rings. The first-order valence-electron chi connectivity index (χ1n) is 15.0. The predicted molar refractivity (Wildman–Crippen MR) is 155 cm³/mol. The van der Waals surface area contributed by atoms with Crippen molar-refractivity contribution in [1.82, 2.24) is 9.80 Å². The van der Waals surface area contributed by atoms with Gasteiger partial charge in [-0.1, -0.05) is 51.4 Å². The van der Waals surface area contributed by atoms with Gasteiger partial charge in [0.25, 0.3) is 0 Å². The normalized spacial score (nSPS) is 20.0. The average Bonchev–Trinajstić information content (AvgIpc) is 3.54. The first-order chi connectivity index (χ1) is 20.5. The maximum absolute atomic E-state index is 13.9. The molecule has 10 heteroatoms. The van der Waals surface area contributed by atoms with Crippen LogP contribution in [0.15, 0.2) is 61.2 Å². The Hall–Kier alpha value is -4.08. The maximum Gasteiger partial charge on any atom is 0.421 e. The van der Waals surface area contributed by atoms with Crippen molar-refractivity contribution in [2.75, 3.05) is 9.80 Å². The molecule has 4 bridgehead atoms. The summed E-state index contributed by atoms with van der Waals surface area (Å²) in [5, 5.41) is 0. The van der Waals surface area contributed by atoms with Gasteiger partial charge in [-0.3, -0.25) is 9.80 Å². The van der Waals surface area contributed by atoms with Crippen LogP contribution >= 0.6 is 0 Å². The lowest BCUT2D eigenvalue weighted by molar-refractivity contribution is 0.160. The quantitative estimate of drug-likeness (QED) is 0.223. The number of fused-ring (bicyclic) bond motifs is 8. The van der Waals surface area contributed by atoms with Crippen LogP contribution in [0.5, 0.6) is 11.5 Å². The van der Waals surface area contributed by atoms with Crippen molar-refractivity contribution in [2.45, 2.75) is 89.4 Å². The van der Waals surface area contributed by atoms with Crippen LogP contribution in [0.2, 0.25) is 0 Å². The number of hydrogen-bond donors (Lipinski definition) is 0. The molecule has 4 aliphatic heterocycles. The first-order valence-corrected chi connectivity index (χ1v) is 15.0. The number of hydrogen-bond acceptors (Lipinski definition) is 6. The average molecular weight is 579 g/mol. The lowest BCUT2D eigenvalue weighted by Crippen LogP contribution is -2.40. The van der Waals surface area contributed by atoms with Gasteiger partial charge in [-0.2, -0.15) is 0 Å². The Morgan fingerprint density at radius 1 is 0.524 bits per heavy atom. The van der Waals surface area contributed by atoms with Gasteiger partial charge >= 0.3 is 12.2 Å². The molecule has 0 saturated heterocycles. The highest BCUT2D eigenvalue weighted by molar-refractivity contribution is 5.81. The smallest absolute Gasteiger partial charge is 0.408 e. The molecule has 6 rings (SSSR count). The molecule has 2 amide bonds. The second-order valence-electron chi connectivity index (χ2n) is 11.3. The van der Waals surface area contributed by atoms with E-state index < -0.39 is 12.2 Å². The molecule has 2 atom stereocenters. The van der Waals surface area contributed by atoms with Crippen LogP contribution in [-0.4, -0.2) is 34.3 Å². The number of nitrogens with zero attached hydrogens (tertiary/aromatic N) is 4. The third-order valence-electron chi connectivity index (χ3n) is 8.45. The number of halogens is 2. The van der Waals surface area contributed by atoms with Crippen LogP contribution in [0.25, 0.3) is 0 Å². The molecule has 4 heterocycles. The van der Waals surface area contributed by atoms with Gasteiger partial charge in [0.2, 0.25) is 0 Å². The van der Waals surface area contributed by atoms with Crippen LogP contribution in [0.4, 0.5) is 29.7 Å². The summed E-state index contributed by atoms with van der Waals surface area (Å²) in [6.07, 6.45) is 18.6. The van der Waals surface area contributed by atoms with Crippen molar-refractivity contribution in [2.24, 2.45) is 0 Å². The van der Waals surface area contributed by atoms with E-state index >= 15 is 0 Å². The van der Waals surface area contributed by atoms with Gasteiger partial charge in [0.1, 0.15) is 24.0 Å². The van der Waals surface area contributed by atoms with Crippen molar-refractivity contribution in [3.05, 3.63) is 72.8 Å². The van der Waals surface area contributed by atoms with Crippen LogP contribution in [-0.2, 0) is 0 Å². The predicted octanol–water partition coefficient (Wildman–Crippen LogP) is 8.21. The largest absolute Gasteiger partial charge is 0.421 e. The van der Waals surface area contributed by atoms with E-state index in [1.165, 1.54) is 62.1 Å². The second-order valence-corrected chi connectivity index (χ2v) is 11.3. The van der Waals surface area contributed by atoms with Crippen LogP contribution in [0.1, 0.15) is 77.0 Å². The maximum atomic E-state index is 13.9. The minimum atomic E-state index is -0.430. The van der Waals surface area contributed by atoms with E-state index in [-0.39, 0.29) is 24.0 Å². The number of ether oxygens (including phenoxy) is 2. The summed E-state index contributed by atoms with van der Waals surface area (Å²) in [5.74, 6) is 0.0597. The van der Waals surface area contributed by atoms with Crippen molar-refractivity contribution < 1.29 is 27.8 Å². The number of rotatable bonds is 13. The molecule has 0 aliphatic carbocycles. The van der Waals surface area contributed by atoms with E-state index in [1.807, 2.05) is 22.2 Å². The summed E-state index contributed by atoms with van der Waals surface area (Å²) >= 11 is 0. The Morgan fingerprint density at radius 3 is 1.29 bits per heavy atom. The fraction of sp³-hybridized carbons (Fsp3) is 0.438. The first kappa shape index (κ1) is 28.1. The lowest BCUT2D eigenvalue weighted by Gasteiger charge is -2.27. The van der Waals surface area contributed by atoms with E-state index in [0.29, 0.717) is 22.9 Å². The molecule has 0 radical (unpaired) electrons. The van der Waals surface area contributed by atoms with E-state index in [0.717, 1.165) is 51.4 Å². The molecular formula is C32H36F2N4O4. The Balaban J connectivity index is 0.844. The highest BCUT2D eigenvalue weighted by atomic mass is 19.1. The summed E-state index contributed by atoms with van der Waals surface area (Å²) in [6, 6.07) is 8.45. The van der Waals surface area contributed by atoms with Gasteiger partial charge in [-0.15, -0.1) is 0 Å². The van der Waals surface area contributed by atoms with Gasteiger partial charge in [0, 0.05) is 36.9 Å². The fourth-order valence-electron chi connectivity index (χ4n) is 6.27. The number of anilines is 2. The number of amides is 2. The monoisotopic (exact) mass is 578 g/mol. The zero-order valence-electron chi connectivity index (χ0n) is 23.6. The number of carbonyl (C=O) groups excluding carboxylic acids is 2. The molecule has 42 heavy (non-hydrogen) atoms. The number of unbranched alkanes of at least 4 members (excludes halogenated alkanes) is 9. The zero-order valence-corrected chi connectivity index (χ0v) is 23.6. The summed E-state index contributed by atoms with van der Waals surface area (Å²) in [5.41, 5.74) is 1.17. The molecular weight excluding hydrogens is 542 g/mol. The zero-order chi connectivity index (χ0) is 29.1. The molecule has 0 spiro atoms. The lowest BCUT2D eigenvalue weighted by atomic mass is 10.0. The Bertz CT molecular complexity index is 1280. The molecule has 222 valence electrons. The van der Waals surface area contributed by atoms with Gasteiger partial charge in [-0.05, 0) is 49.9 Å². The highest BCUT2D eigenvalue weighted by Gasteiger charge is 2.38. The SMILES string of the molecule is O=C1Oc2ccc(F)cc2N2C=CN1C2CCCCCCCCCCCCC1N2C=CN1c1cc(F)ccc1OC2=O. The fourth-order valence-corrected chi connectivity index (χ4v) is 6.27. The van der Waals surface area contributed by atoms with Crippen molar-refractivity contribution in [3.8, 4) is 11.5 Å². The summed E-state index contributed by atoms with van der Waals surface area (Å²) in [7, 11) is 0. The molecule has 2 unspecified atom stereocenters.